The fourth-order valence-corrected chi connectivity index (χ4v) is 6.81. The summed E-state index contributed by atoms with van der Waals surface area (Å²) in [5, 5.41) is 3.65. The van der Waals surface area contributed by atoms with Crippen LogP contribution in [-0.4, -0.2) is 16.3 Å². The molecule has 0 aliphatic carbocycles. The van der Waals surface area contributed by atoms with Crippen molar-refractivity contribution in [2.24, 2.45) is 0 Å². The standard InChI is InChI=1S/C25H19N2P/c1-28(19-11-4-2-5-12-19,20-13-6-3-7-14-20)24-18-10-17-23-25(24)27-22-16-9-8-15-21(22)26-23/h2-18H,1H2. The SMILES string of the molecule is C=P(c1ccccc1)(c1ccccc1)c1cccc2nc3ccccc3nc12. The van der Waals surface area contributed by atoms with Crippen LogP contribution in [-0.2, 0) is 0 Å². The summed E-state index contributed by atoms with van der Waals surface area (Å²) in [6.07, 6.45) is 4.85. The third kappa shape index (κ3) is 2.66. The van der Waals surface area contributed by atoms with Crippen LogP contribution in [0.3, 0.4) is 0 Å². The van der Waals surface area contributed by atoms with E-state index in [1.807, 2.05) is 30.3 Å². The highest BCUT2D eigenvalue weighted by atomic mass is 31.2. The zero-order chi connectivity index (χ0) is 19.0. The summed E-state index contributed by atoms with van der Waals surface area (Å²) in [6.45, 7) is -2.10. The van der Waals surface area contributed by atoms with Crippen molar-refractivity contribution >= 4 is 51.2 Å². The van der Waals surface area contributed by atoms with E-state index in [0.717, 1.165) is 22.1 Å². The molecule has 134 valence electrons. The molecule has 4 aromatic carbocycles. The van der Waals surface area contributed by atoms with Crippen LogP contribution in [0, 0.1) is 0 Å². The van der Waals surface area contributed by atoms with E-state index in [1.165, 1.54) is 15.9 Å². The second-order valence-corrected chi connectivity index (χ2v) is 9.97. The maximum absolute atomic E-state index is 5.02. The van der Waals surface area contributed by atoms with Crippen LogP contribution in [0.5, 0.6) is 0 Å². The number of hydrogen-bond donors (Lipinski definition) is 0. The lowest BCUT2D eigenvalue weighted by Gasteiger charge is -2.27. The summed E-state index contributed by atoms with van der Waals surface area (Å²) >= 11 is 0. The molecule has 0 aliphatic heterocycles. The van der Waals surface area contributed by atoms with E-state index in [4.69, 9.17) is 16.3 Å². The smallest absolute Gasteiger partial charge is 0.0977 e. The third-order valence-electron chi connectivity index (χ3n) is 5.15. The topological polar surface area (TPSA) is 25.8 Å². The summed E-state index contributed by atoms with van der Waals surface area (Å²) in [5.41, 5.74) is 3.68. The van der Waals surface area contributed by atoms with Gasteiger partial charge in [0.15, 0.2) is 0 Å². The van der Waals surface area contributed by atoms with E-state index in [1.54, 1.807) is 0 Å². The molecule has 0 unspecified atom stereocenters. The van der Waals surface area contributed by atoms with Crippen molar-refractivity contribution in [1.82, 2.24) is 9.97 Å². The average molecular weight is 378 g/mol. The van der Waals surface area contributed by atoms with Gasteiger partial charge in [0, 0.05) is 5.30 Å². The van der Waals surface area contributed by atoms with Gasteiger partial charge in [-0.3, -0.25) is 0 Å². The molecule has 0 atom stereocenters. The third-order valence-corrected chi connectivity index (χ3v) is 8.70. The Kier molecular flexibility index (Phi) is 4.07. The van der Waals surface area contributed by atoms with Gasteiger partial charge in [0.1, 0.15) is 0 Å². The Bertz CT molecular complexity index is 1280. The van der Waals surface area contributed by atoms with Gasteiger partial charge in [-0.25, -0.2) is 9.97 Å². The summed E-state index contributed by atoms with van der Waals surface area (Å²) in [5.74, 6) is 0. The Balaban J connectivity index is 1.89. The molecular formula is C25H19N2P. The molecular weight excluding hydrogens is 359 g/mol. The van der Waals surface area contributed by atoms with E-state index >= 15 is 0 Å². The van der Waals surface area contributed by atoms with Gasteiger partial charge < -0.3 is 0 Å². The minimum absolute atomic E-state index is 0.912. The number of para-hydroxylation sites is 3. The lowest BCUT2D eigenvalue weighted by molar-refractivity contribution is 1.40. The van der Waals surface area contributed by atoms with Crippen molar-refractivity contribution in [2.75, 3.05) is 0 Å². The van der Waals surface area contributed by atoms with E-state index in [-0.39, 0.29) is 0 Å². The normalized spacial score (nSPS) is 11.7. The van der Waals surface area contributed by atoms with Gasteiger partial charge in [0.05, 0.1) is 22.1 Å². The second-order valence-electron chi connectivity index (χ2n) is 6.84. The van der Waals surface area contributed by atoms with E-state index in [0.29, 0.717) is 0 Å². The van der Waals surface area contributed by atoms with Gasteiger partial charge in [-0.05, 0) is 35.7 Å². The molecule has 0 saturated carbocycles. The molecule has 28 heavy (non-hydrogen) atoms. The summed E-state index contributed by atoms with van der Waals surface area (Å²) in [6, 6.07) is 35.5. The van der Waals surface area contributed by atoms with Crippen molar-refractivity contribution in [3.63, 3.8) is 0 Å². The van der Waals surface area contributed by atoms with Crippen LogP contribution in [0.2, 0.25) is 0 Å². The first-order valence-electron chi connectivity index (χ1n) is 9.27. The molecule has 0 aliphatic rings. The van der Waals surface area contributed by atoms with E-state index < -0.39 is 6.89 Å². The van der Waals surface area contributed by atoms with Gasteiger partial charge in [-0.2, -0.15) is 0 Å². The lowest BCUT2D eigenvalue weighted by Crippen LogP contribution is -2.26. The molecule has 2 nitrogen and oxygen atoms in total. The van der Waals surface area contributed by atoms with Crippen LogP contribution in [0.1, 0.15) is 0 Å². The maximum atomic E-state index is 5.02. The quantitative estimate of drug-likeness (QED) is 0.341. The molecule has 0 radical (unpaired) electrons. The highest BCUT2D eigenvalue weighted by Gasteiger charge is 2.25. The monoisotopic (exact) mass is 378 g/mol. The predicted molar refractivity (Wildman–Crippen MR) is 123 cm³/mol. The van der Waals surface area contributed by atoms with Crippen molar-refractivity contribution in [1.29, 1.82) is 0 Å². The number of hydrogen-bond acceptors (Lipinski definition) is 2. The van der Waals surface area contributed by atoms with E-state index in [9.17, 15) is 0 Å². The first-order chi connectivity index (χ1) is 13.8. The number of benzene rings is 4. The summed E-state index contributed by atoms with van der Waals surface area (Å²) in [7, 11) is 0. The number of nitrogens with zero attached hydrogens (tertiary/aromatic N) is 2. The minimum atomic E-state index is -2.10. The van der Waals surface area contributed by atoms with Crippen molar-refractivity contribution in [3.8, 4) is 0 Å². The second kappa shape index (κ2) is 6.74. The Morgan fingerprint density at radius 1 is 0.500 bits per heavy atom. The fourth-order valence-electron chi connectivity index (χ4n) is 3.73. The lowest BCUT2D eigenvalue weighted by atomic mass is 10.2. The van der Waals surface area contributed by atoms with Crippen LogP contribution < -0.4 is 15.9 Å². The Morgan fingerprint density at radius 3 is 1.61 bits per heavy atom. The van der Waals surface area contributed by atoms with Gasteiger partial charge in [0.2, 0.25) is 0 Å². The molecule has 3 heteroatoms. The Labute approximate surface area is 164 Å². The molecule has 0 fully saturated rings. The molecule has 0 amide bonds. The van der Waals surface area contributed by atoms with Crippen LogP contribution in [0.25, 0.3) is 22.1 Å². The molecule has 5 aromatic rings. The van der Waals surface area contributed by atoms with E-state index in [2.05, 4.69) is 72.8 Å². The van der Waals surface area contributed by atoms with Crippen molar-refractivity contribution in [2.45, 2.75) is 0 Å². The zero-order valence-electron chi connectivity index (χ0n) is 15.4. The Morgan fingerprint density at radius 2 is 1.00 bits per heavy atom. The Hall–Kier alpha value is -3.22. The van der Waals surface area contributed by atoms with Gasteiger partial charge in [-0.15, -0.1) is 0 Å². The summed E-state index contributed by atoms with van der Waals surface area (Å²) in [4.78, 5) is 9.89. The fraction of sp³-hybridized carbons (Fsp3) is 0. The number of fused-ring (bicyclic) bond motifs is 2. The molecule has 0 N–H and O–H groups in total. The molecule has 1 aromatic heterocycles. The largest absolute Gasteiger partial charge is 0.244 e. The van der Waals surface area contributed by atoms with Crippen LogP contribution in [0.4, 0.5) is 0 Å². The highest BCUT2D eigenvalue weighted by molar-refractivity contribution is 7.93. The molecule has 0 bridgehead atoms. The predicted octanol–water partition coefficient (Wildman–Crippen LogP) is 4.51. The van der Waals surface area contributed by atoms with Crippen molar-refractivity contribution in [3.05, 3.63) is 103 Å². The first-order valence-corrected chi connectivity index (χ1v) is 11.2. The van der Waals surface area contributed by atoms with Crippen molar-refractivity contribution < 1.29 is 0 Å². The summed E-state index contributed by atoms with van der Waals surface area (Å²) < 4.78 is 0. The van der Waals surface area contributed by atoms with Gasteiger partial charge in [0.25, 0.3) is 0 Å². The van der Waals surface area contributed by atoms with Gasteiger partial charge >= 0.3 is 0 Å². The van der Waals surface area contributed by atoms with Crippen LogP contribution >= 0.6 is 6.89 Å². The molecule has 1 heterocycles. The van der Waals surface area contributed by atoms with Crippen LogP contribution in [0.15, 0.2) is 103 Å². The molecule has 0 saturated heterocycles. The first kappa shape index (κ1) is 16.9. The molecule has 5 rings (SSSR count). The minimum Gasteiger partial charge on any atom is -0.244 e. The number of rotatable bonds is 3. The van der Waals surface area contributed by atoms with Gasteiger partial charge in [-0.1, -0.05) is 91.2 Å². The number of aromatic nitrogens is 2. The molecule has 0 spiro atoms. The maximum Gasteiger partial charge on any atom is 0.0977 e. The highest BCUT2D eigenvalue weighted by Crippen LogP contribution is 2.43. The average Bonchev–Trinajstić information content (AvgIpc) is 2.78. The zero-order valence-corrected chi connectivity index (χ0v) is 16.3.